The number of pyridine rings is 1. The van der Waals surface area contributed by atoms with Crippen LogP contribution >= 0.6 is 0 Å². The molecule has 4 atom stereocenters. The SMILES string of the molecule is COC(=O)c1ccccc1O[C@@H]1C[C@@H]2CN(C(=O)CCc3ccncc3)C[C@@H]2C[C@H]1O. The van der Waals surface area contributed by atoms with Gasteiger partial charge in [-0.15, -0.1) is 0 Å². The number of aryl methyl sites for hydroxylation is 1. The Bertz CT molecular complexity index is 919. The third-order valence-corrected chi connectivity index (χ3v) is 6.39. The van der Waals surface area contributed by atoms with Crippen molar-refractivity contribution in [2.75, 3.05) is 20.2 Å². The largest absolute Gasteiger partial charge is 0.487 e. The molecule has 164 valence electrons. The molecule has 2 aromatic rings. The van der Waals surface area contributed by atoms with E-state index in [9.17, 15) is 14.7 Å². The summed E-state index contributed by atoms with van der Waals surface area (Å²) in [5.41, 5.74) is 1.45. The summed E-state index contributed by atoms with van der Waals surface area (Å²) in [6, 6.07) is 10.8. The first-order chi connectivity index (χ1) is 15.0. The Kier molecular flexibility index (Phi) is 6.51. The minimum absolute atomic E-state index is 0.147. The molecule has 1 saturated carbocycles. The van der Waals surface area contributed by atoms with Crippen LogP contribution in [-0.2, 0) is 16.0 Å². The van der Waals surface area contributed by atoms with E-state index in [1.54, 1.807) is 36.7 Å². The summed E-state index contributed by atoms with van der Waals surface area (Å²) in [5.74, 6) is 0.652. The molecule has 1 aliphatic heterocycles. The third-order valence-electron chi connectivity index (χ3n) is 6.39. The highest BCUT2D eigenvalue weighted by molar-refractivity contribution is 5.92. The fourth-order valence-electron chi connectivity index (χ4n) is 4.69. The molecular formula is C24H28N2O5. The number of para-hydroxylation sites is 1. The Labute approximate surface area is 182 Å². The van der Waals surface area contributed by atoms with Crippen molar-refractivity contribution in [1.29, 1.82) is 0 Å². The molecule has 1 aliphatic carbocycles. The maximum absolute atomic E-state index is 12.7. The molecule has 7 nitrogen and oxygen atoms in total. The summed E-state index contributed by atoms with van der Waals surface area (Å²) in [5, 5.41) is 10.7. The quantitative estimate of drug-likeness (QED) is 0.717. The average Bonchev–Trinajstić information content (AvgIpc) is 3.21. The first kappa shape index (κ1) is 21.3. The fourth-order valence-corrected chi connectivity index (χ4v) is 4.69. The first-order valence-corrected chi connectivity index (χ1v) is 10.7. The summed E-state index contributed by atoms with van der Waals surface area (Å²) in [6.45, 7) is 1.37. The number of esters is 1. The number of fused-ring (bicyclic) bond motifs is 1. The standard InChI is InChI=1S/C24H28N2O5/c1-30-24(29)19-4-2-3-5-21(19)31-22-13-18-15-26(14-17(18)12-20(22)27)23(28)7-6-16-8-10-25-11-9-16/h2-5,8-11,17-18,20,22,27H,6-7,12-15H2,1H3/t17-,18+,20+,22+/m0/s1. The number of aromatic nitrogens is 1. The highest BCUT2D eigenvalue weighted by Crippen LogP contribution is 2.38. The van der Waals surface area contributed by atoms with Crippen LogP contribution < -0.4 is 4.74 Å². The summed E-state index contributed by atoms with van der Waals surface area (Å²) in [4.78, 5) is 30.7. The van der Waals surface area contributed by atoms with E-state index < -0.39 is 18.2 Å². The maximum Gasteiger partial charge on any atom is 0.341 e. The zero-order chi connectivity index (χ0) is 21.8. The molecule has 0 bridgehead atoms. The van der Waals surface area contributed by atoms with Crippen LogP contribution in [0.1, 0.15) is 35.2 Å². The van der Waals surface area contributed by atoms with Crippen LogP contribution in [0.15, 0.2) is 48.8 Å². The number of methoxy groups -OCH3 is 1. The van der Waals surface area contributed by atoms with Crippen molar-refractivity contribution in [3.8, 4) is 5.75 Å². The van der Waals surface area contributed by atoms with E-state index in [2.05, 4.69) is 4.98 Å². The van der Waals surface area contributed by atoms with Crippen LogP contribution in [0.5, 0.6) is 5.75 Å². The summed E-state index contributed by atoms with van der Waals surface area (Å²) >= 11 is 0. The van der Waals surface area contributed by atoms with Crippen LogP contribution in [0.4, 0.5) is 0 Å². The Morgan fingerprint density at radius 2 is 1.81 bits per heavy atom. The number of benzene rings is 1. The second-order valence-electron chi connectivity index (χ2n) is 8.36. The monoisotopic (exact) mass is 424 g/mol. The van der Waals surface area contributed by atoms with Gasteiger partial charge in [0.25, 0.3) is 0 Å². The number of ether oxygens (including phenoxy) is 2. The molecule has 1 amide bonds. The molecule has 0 unspecified atom stereocenters. The lowest BCUT2D eigenvalue weighted by molar-refractivity contribution is -0.130. The van der Waals surface area contributed by atoms with Crippen molar-refractivity contribution >= 4 is 11.9 Å². The van der Waals surface area contributed by atoms with Gasteiger partial charge < -0.3 is 19.5 Å². The fraction of sp³-hybridized carbons (Fsp3) is 0.458. The number of hydrogen-bond donors (Lipinski definition) is 1. The van der Waals surface area contributed by atoms with Crippen LogP contribution in [0.3, 0.4) is 0 Å². The molecule has 2 fully saturated rings. The van der Waals surface area contributed by atoms with Crippen molar-refractivity contribution in [3.05, 3.63) is 59.9 Å². The second-order valence-corrected chi connectivity index (χ2v) is 8.36. The zero-order valence-corrected chi connectivity index (χ0v) is 17.6. The number of amides is 1. The third kappa shape index (κ3) is 4.88. The number of rotatable bonds is 6. The van der Waals surface area contributed by atoms with E-state index in [0.717, 1.165) is 5.56 Å². The Morgan fingerprint density at radius 1 is 1.10 bits per heavy atom. The van der Waals surface area contributed by atoms with Gasteiger partial charge in [0, 0.05) is 31.9 Å². The molecule has 1 aromatic carbocycles. The number of nitrogens with zero attached hydrogens (tertiary/aromatic N) is 2. The van der Waals surface area contributed by atoms with E-state index in [-0.39, 0.29) is 17.7 Å². The van der Waals surface area contributed by atoms with E-state index in [1.807, 2.05) is 17.0 Å². The number of aliphatic hydroxyl groups excluding tert-OH is 1. The van der Waals surface area contributed by atoms with Gasteiger partial charge in [-0.25, -0.2) is 4.79 Å². The Morgan fingerprint density at radius 3 is 2.55 bits per heavy atom. The Balaban J connectivity index is 1.36. The van der Waals surface area contributed by atoms with Crippen LogP contribution in [0, 0.1) is 11.8 Å². The highest BCUT2D eigenvalue weighted by Gasteiger charge is 2.44. The Hall–Kier alpha value is -2.93. The molecule has 2 aliphatic rings. The summed E-state index contributed by atoms with van der Waals surface area (Å²) in [7, 11) is 1.33. The normalized spacial score (nSPS) is 25.0. The van der Waals surface area contributed by atoms with Gasteiger partial charge >= 0.3 is 5.97 Å². The zero-order valence-electron chi connectivity index (χ0n) is 17.6. The highest BCUT2D eigenvalue weighted by atomic mass is 16.5. The minimum atomic E-state index is -0.640. The number of hydrogen-bond acceptors (Lipinski definition) is 6. The lowest BCUT2D eigenvalue weighted by Crippen LogP contribution is -2.42. The summed E-state index contributed by atoms with van der Waals surface area (Å²) in [6.07, 6.45) is 4.83. The smallest absolute Gasteiger partial charge is 0.341 e. The van der Waals surface area contributed by atoms with Gasteiger partial charge in [0.15, 0.2) is 0 Å². The first-order valence-electron chi connectivity index (χ1n) is 10.7. The van der Waals surface area contributed by atoms with Crippen LogP contribution in [0.2, 0.25) is 0 Å². The second kappa shape index (κ2) is 9.47. The number of carbonyl (C=O) groups excluding carboxylic acids is 2. The lowest BCUT2D eigenvalue weighted by atomic mass is 9.78. The molecule has 1 aromatic heterocycles. The summed E-state index contributed by atoms with van der Waals surface area (Å²) < 4.78 is 10.9. The van der Waals surface area contributed by atoms with Crippen LogP contribution in [-0.4, -0.2) is 59.3 Å². The van der Waals surface area contributed by atoms with Gasteiger partial charge in [-0.1, -0.05) is 12.1 Å². The molecule has 1 N–H and O–H groups in total. The van der Waals surface area contributed by atoms with E-state index in [1.165, 1.54) is 7.11 Å². The van der Waals surface area contributed by atoms with Crippen LogP contribution in [0.25, 0.3) is 0 Å². The van der Waals surface area contributed by atoms with Gasteiger partial charge in [0.1, 0.15) is 17.4 Å². The van der Waals surface area contributed by atoms with Crippen molar-refractivity contribution < 1.29 is 24.2 Å². The predicted molar refractivity (Wildman–Crippen MR) is 114 cm³/mol. The molecule has 0 spiro atoms. The van der Waals surface area contributed by atoms with Gasteiger partial charge in [-0.05, 0) is 60.9 Å². The lowest BCUT2D eigenvalue weighted by Gasteiger charge is -2.35. The number of aliphatic hydroxyl groups is 1. The van der Waals surface area contributed by atoms with E-state index in [0.29, 0.717) is 50.1 Å². The predicted octanol–water partition coefficient (Wildman–Crippen LogP) is 2.48. The number of likely N-dealkylation sites (tertiary alicyclic amines) is 1. The molecule has 4 rings (SSSR count). The minimum Gasteiger partial charge on any atom is -0.487 e. The van der Waals surface area contributed by atoms with Crippen molar-refractivity contribution in [2.45, 2.75) is 37.9 Å². The topological polar surface area (TPSA) is 89.0 Å². The molecule has 7 heteroatoms. The van der Waals surface area contributed by atoms with E-state index >= 15 is 0 Å². The van der Waals surface area contributed by atoms with Crippen molar-refractivity contribution in [3.63, 3.8) is 0 Å². The molecule has 1 saturated heterocycles. The van der Waals surface area contributed by atoms with Crippen molar-refractivity contribution in [1.82, 2.24) is 9.88 Å². The number of carbonyl (C=O) groups is 2. The van der Waals surface area contributed by atoms with Gasteiger partial charge in [-0.3, -0.25) is 9.78 Å². The maximum atomic E-state index is 12.7. The molecular weight excluding hydrogens is 396 g/mol. The molecule has 31 heavy (non-hydrogen) atoms. The van der Waals surface area contributed by atoms with Crippen molar-refractivity contribution in [2.24, 2.45) is 11.8 Å². The molecule has 2 heterocycles. The van der Waals surface area contributed by atoms with Gasteiger partial charge in [-0.2, -0.15) is 0 Å². The van der Waals surface area contributed by atoms with Gasteiger partial charge in [0.05, 0.1) is 13.2 Å². The molecule has 0 radical (unpaired) electrons. The average molecular weight is 424 g/mol. The van der Waals surface area contributed by atoms with E-state index in [4.69, 9.17) is 9.47 Å². The van der Waals surface area contributed by atoms with Gasteiger partial charge in [0.2, 0.25) is 5.91 Å².